The average Bonchev–Trinajstić information content (AvgIpc) is 2.93. The summed E-state index contributed by atoms with van der Waals surface area (Å²) in [6, 6.07) is 9.25. The van der Waals surface area contributed by atoms with E-state index in [1.54, 1.807) is 6.07 Å². The number of aromatic amines is 1. The number of hydrogen-bond donors (Lipinski definition) is 2. The first kappa shape index (κ1) is 14.6. The van der Waals surface area contributed by atoms with Crippen molar-refractivity contribution in [3.05, 3.63) is 52.3 Å². The fourth-order valence-electron chi connectivity index (χ4n) is 2.04. The minimum Gasteiger partial charge on any atom is -0.344 e. The third-order valence-corrected chi connectivity index (χ3v) is 3.44. The lowest BCUT2D eigenvalue weighted by atomic mass is 10.0. The van der Waals surface area contributed by atoms with E-state index in [1.165, 1.54) is 0 Å². The Morgan fingerprint density at radius 2 is 2.20 bits per heavy atom. The molecule has 4 nitrogen and oxygen atoms in total. The summed E-state index contributed by atoms with van der Waals surface area (Å²) in [7, 11) is 0. The molecule has 2 aromatic rings. The lowest BCUT2D eigenvalue weighted by Crippen LogP contribution is -2.28. The molecule has 0 radical (unpaired) electrons. The first-order valence-electron chi connectivity index (χ1n) is 6.74. The van der Waals surface area contributed by atoms with Crippen LogP contribution < -0.4 is 5.32 Å². The van der Waals surface area contributed by atoms with Crippen LogP contribution in [0, 0.1) is 0 Å². The molecule has 0 spiro atoms. The van der Waals surface area contributed by atoms with Crippen molar-refractivity contribution in [3.8, 4) is 0 Å². The van der Waals surface area contributed by atoms with Crippen LogP contribution in [0.3, 0.4) is 0 Å². The van der Waals surface area contributed by atoms with Crippen LogP contribution in [-0.4, -0.2) is 16.1 Å². The third kappa shape index (κ3) is 3.39. The van der Waals surface area contributed by atoms with Crippen molar-refractivity contribution in [3.63, 3.8) is 0 Å². The summed E-state index contributed by atoms with van der Waals surface area (Å²) in [4.78, 5) is 12.2. The predicted octanol–water partition coefficient (Wildman–Crippen LogP) is 3.51. The SMILES string of the molecule is CCc1cc(C(=O)NC(CC)c2cccc(Cl)c2)n[nH]1. The Bertz CT molecular complexity index is 594. The number of halogens is 1. The highest BCUT2D eigenvalue weighted by Crippen LogP contribution is 2.20. The van der Waals surface area contributed by atoms with Crippen LogP contribution in [0.1, 0.15) is 48.1 Å². The van der Waals surface area contributed by atoms with Crippen LogP contribution in [0.2, 0.25) is 5.02 Å². The summed E-state index contributed by atoms with van der Waals surface area (Å²) >= 11 is 5.99. The molecule has 0 aliphatic carbocycles. The van der Waals surface area contributed by atoms with Gasteiger partial charge in [-0.15, -0.1) is 0 Å². The lowest BCUT2D eigenvalue weighted by Gasteiger charge is -2.17. The van der Waals surface area contributed by atoms with Gasteiger partial charge in [0.1, 0.15) is 5.69 Å². The van der Waals surface area contributed by atoms with Gasteiger partial charge in [0.25, 0.3) is 5.91 Å². The second kappa shape index (κ2) is 6.57. The number of carbonyl (C=O) groups is 1. The van der Waals surface area contributed by atoms with E-state index >= 15 is 0 Å². The fraction of sp³-hybridized carbons (Fsp3) is 0.333. The van der Waals surface area contributed by atoms with Gasteiger partial charge in [0.05, 0.1) is 6.04 Å². The molecule has 0 saturated heterocycles. The van der Waals surface area contributed by atoms with Crippen LogP contribution in [0.25, 0.3) is 0 Å². The van der Waals surface area contributed by atoms with E-state index in [0.29, 0.717) is 10.7 Å². The average molecular weight is 292 g/mol. The van der Waals surface area contributed by atoms with Crippen LogP contribution in [0.5, 0.6) is 0 Å². The van der Waals surface area contributed by atoms with Gasteiger partial charge in [0.2, 0.25) is 0 Å². The maximum absolute atomic E-state index is 12.2. The molecule has 1 aromatic heterocycles. The Hall–Kier alpha value is -1.81. The maximum atomic E-state index is 12.2. The Kier molecular flexibility index (Phi) is 4.79. The van der Waals surface area contributed by atoms with Gasteiger partial charge < -0.3 is 5.32 Å². The molecule has 0 aliphatic heterocycles. The van der Waals surface area contributed by atoms with Gasteiger partial charge in [-0.25, -0.2) is 0 Å². The van der Waals surface area contributed by atoms with E-state index in [0.717, 1.165) is 24.1 Å². The van der Waals surface area contributed by atoms with E-state index < -0.39 is 0 Å². The monoisotopic (exact) mass is 291 g/mol. The third-order valence-electron chi connectivity index (χ3n) is 3.21. The van der Waals surface area contributed by atoms with Gasteiger partial charge in [-0.05, 0) is 36.6 Å². The molecule has 0 bridgehead atoms. The van der Waals surface area contributed by atoms with Crippen molar-refractivity contribution < 1.29 is 4.79 Å². The summed E-state index contributed by atoms with van der Waals surface area (Å²) in [5.74, 6) is -0.173. The summed E-state index contributed by atoms with van der Waals surface area (Å²) in [6.45, 7) is 4.03. The number of amides is 1. The topological polar surface area (TPSA) is 57.8 Å². The van der Waals surface area contributed by atoms with Gasteiger partial charge in [0.15, 0.2) is 0 Å². The minimum absolute atomic E-state index is 0.0667. The van der Waals surface area contributed by atoms with Crippen molar-refractivity contribution >= 4 is 17.5 Å². The van der Waals surface area contributed by atoms with Gasteiger partial charge in [-0.1, -0.05) is 37.6 Å². The zero-order chi connectivity index (χ0) is 14.5. The second-order valence-corrected chi connectivity index (χ2v) is 5.06. The molecule has 20 heavy (non-hydrogen) atoms. The molecule has 5 heteroatoms. The fourth-order valence-corrected chi connectivity index (χ4v) is 2.23. The standard InChI is InChI=1S/C15H18ClN3O/c1-3-12-9-14(19-18-12)15(20)17-13(4-2)10-6-5-7-11(16)8-10/h5-9,13H,3-4H2,1-2H3,(H,17,20)(H,18,19). The van der Waals surface area contributed by atoms with Crippen LogP contribution in [0.4, 0.5) is 0 Å². The summed E-state index contributed by atoms with van der Waals surface area (Å²) < 4.78 is 0. The molecule has 1 amide bonds. The number of hydrogen-bond acceptors (Lipinski definition) is 2. The summed E-state index contributed by atoms with van der Waals surface area (Å²) in [6.07, 6.45) is 1.61. The van der Waals surface area contributed by atoms with Gasteiger partial charge in [-0.3, -0.25) is 9.89 Å². The van der Waals surface area contributed by atoms with E-state index in [4.69, 9.17) is 11.6 Å². The number of aryl methyl sites for hydroxylation is 1. The normalized spacial score (nSPS) is 12.2. The number of H-pyrrole nitrogens is 1. The Morgan fingerprint density at radius 3 is 2.80 bits per heavy atom. The van der Waals surface area contributed by atoms with Gasteiger partial charge >= 0.3 is 0 Å². The van der Waals surface area contributed by atoms with Gasteiger partial charge in [0, 0.05) is 10.7 Å². The first-order valence-corrected chi connectivity index (χ1v) is 7.12. The highest BCUT2D eigenvalue weighted by molar-refractivity contribution is 6.30. The van der Waals surface area contributed by atoms with E-state index in [1.807, 2.05) is 38.1 Å². The van der Waals surface area contributed by atoms with Crippen molar-refractivity contribution in [1.29, 1.82) is 0 Å². The van der Waals surface area contributed by atoms with E-state index in [-0.39, 0.29) is 11.9 Å². The first-order chi connectivity index (χ1) is 9.63. The largest absolute Gasteiger partial charge is 0.344 e. The molecule has 1 atom stereocenters. The van der Waals surface area contributed by atoms with Crippen molar-refractivity contribution in [2.75, 3.05) is 0 Å². The molecule has 1 heterocycles. The highest BCUT2D eigenvalue weighted by Gasteiger charge is 2.16. The predicted molar refractivity (Wildman–Crippen MR) is 79.9 cm³/mol. The molecule has 1 unspecified atom stereocenters. The molecule has 0 fully saturated rings. The Balaban J connectivity index is 2.11. The molecular formula is C15H18ClN3O. The summed E-state index contributed by atoms with van der Waals surface area (Å²) in [5, 5.41) is 10.5. The van der Waals surface area contributed by atoms with Crippen molar-refractivity contribution in [2.24, 2.45) is 0 Å². The van der Waals surface area contributed by atoms with Crippen LogP contribution in [-0.2, 0) is 6.42 Å². The smallest absolute Gasteiger partial charge is 0.272 e. The number of benzene rings is 1. The summed E-state index contributed by atoms with van der Waals surface area (Å²) in [5.41, 5.74) is 2.37. The molecular weight excluding hydrogens is 274 g/mol. The molecule has 0 aliphatic rings. The molecule has 2 N–H and O–H groups in total. The van der Waals surface area contributed by atoms with Crippen LogP contribution >= 0.6 is 11.6 Å². The quantitative estimate of drug-likeness (QED) is 0.886. The zero-order valence-electron chi connectivity index (χ0n) is 11.6. The van der Waals surface area contributed by atoms with Crippen molar-refractivity contribution in [1.82, 2.24) is 15.5 Å². The highest BCUT2D eigenvalue weighted by atomic mass is 35.5. The molecule has 106 valence electrons. The molecule has 1 aromatic carbocycles. The molecule has 0 saturated carbocycles. The zero-order valence-corrected chi connectivity index (χ0v) is 12.4. The molecule has 2 rings (SSSR count). The number of nitrogens with one attached hydrogen (secondary N) is 2. The van der Waals surface area contributed by atoms with E-state index in [2.05, 4.69) is 15.5 Å². The number of aromatic nitrogens is 2. The maximum Gasteiger partial charge on any atom is 0.272 e. The number of rotatable bonds is 5. The van der Waals surface area contributed by atoms with Gasteiger partial charge in [-0.2, -0.15) is 5.10 Å². The van der Waals surface area contributed by atoms with Crippen LogP contribution in [0.15, 0.2) is 30.3 Å². The van der Waals surface area contributed by atoms with Crippen molar-refractivity contribution in [2.45, 2.75) is 32.7 Å². The number of nitrogens with zero attached hydrogens (tertiary/aromatic N) is 1. The lowest BCUT2D eigenvalue weighted by molar-refractivity contribution is 0.0930. The van der Waals surface area contributed by atoms with E-state index in [9.17, 15) is 4.79 Å². The Morgan fingerprint density at radius 1 is 1.40 bits per heavy atom. The second-order valence-electron chi connectivity index (χ2n) is 4.62. The Labute approximate surface area is 123 Å². The minimum atomic E-state index is -0.173. The number of carbonyl (C=O) groups excluding carboxylic acids is 1.